The van der Waals surface area contributed by atoms with E-state index in [0.29, 0.717) is 26.1 Å². The molecule has 2 unspecified atom stereocenters. The predicted molar refractivity (Wildman–Crippen MR) is 122 cm³/mol. The number of aliphatic hydroxyl groups excluding tert-OH is 1. The van der Waals surface area contributed by atoms with Gasteiger partial charge in [-0.3, -0.25) is 4.99 Å². The van der Waals surface area contributed by atoms with Gasteiger partial charge in [-0.05, 0) is 38.8 Å². The summed E-state index contributed by atoms with van der Waals surface area (Å²) in [5, 5.41) is 15.9. The second-order valence-electron chi connectivity index (χ2n) is 6.96. The first-order valence-corrected chi connectivity index (χ1v) is 9.62. The van der Waals surface area contributed by atoms with Gasteiger partial charge in [-0.2, -0.15) is 0 Å². The SMILES string of the molecule is CCNC(=NCC1(CCO)CCOC1)NCC(C)Oc1cccc(OC)c1.I. The molecule has 0 spiro atoms. The minimum atomic E-state index is -0.0557. The van der Waals surface area contributed by atoms with Crippen molar-refractivity contribution in [1.29, 1.82) is 0 Å². The van der Waals surface area contributed by atoms with Gasteiger partial charge in [0.25, 0.3) is 0 Å². The van der Waals surface area contributed by atoms with E-state index in [2.05, 4.69) is 10.6 Å². The fourth-order valence-electron chi connectivity index (χ4n) is 3.07. The topological polar surface area (TPSA) is 84.3 Å². The summed E-state index contributed by atoms with van der Waals surface area (Å²) < 4.78 is 16.7. The zero-order valence-electron chi connectivity index (χ0n) is 17.1. The summed E-state index contributed by atoms with van der Waals surface area (Å²) in [6.07, 6.45) is 1.61. The van der Waals surface area contributed by atoms with E-state index in [1.165, 1.54) is 0 Å². The van der Waals surface area contributed by atoms with E-state index in [1.54, 1.807) is 7.11 Å². The minimum absolute atomic E-state index is 0. The van der Waals surface area contributed by atoms with Crippen LogP contribution in [0, 0.1) is 5.41 Å². The number of aliphatic hydroxyl groups is 1. The van der Waals surface area contributed by atoms with Crippen molar-refractivity contribution < 1.29 is 19.3 Å². The number of hydrogen-bond acceptors (Lipinski definition) is 5. The van der Waals surface area contributed by atoms with Crippen molar-refractivity contribution in [2.45, 2.75) is 32.8 Å². The molecule has 1 aromatic carbocycles. The Morgan fingerprint density at radius 1 is 1.36 bits per heavy atom. The van der Waals surface area contributed by atoms with Crippen molar-refractivity contribution in [3.05, 3.63) is 24.3 Å². The van der Waals surface area contributed by atoms with Gasteiger partial charge in [0.2, 0.25) is 0 Å². The molecule has 0 radical (unpaired) electrons. The highest BCUT2D eigenvalue weighted by atomic mass is 127. The van der Waals surface area contributed by atoms with Crippen molar-refractivity contribution >= 4 is 29.9 Å². The minimum Gasteiger partial charge on any atom is -0.497 e. The van der Waals surface area contributed by atoms with Gasteiger partial charge in [0.1, 0.15) is 17.6 Å². The Hall–Kier alpha value is -1.26. The van der Waals surface area contributed by atoms with Crippen LogP contribution in [-0.2, 0) is 4.74 Å². The molecule has 7 nitrogen and oxygen atoms in total. The van der Waals surface area contributed by atoms with Crippen LogP contribution in [0.25, 0.3) is 0 Å². The Morgan fingerprint density at radius 2 is 2.14 bits per heavy atom. The van der Waals surface area contributed by atoms with Gasteiger partial charge in [0.05, 0.1) is 26.8 Å². The lowest BCUT2D eigenvalue weighted by Gasteiger charge is -2.25. The first kappa shape index (κ1) is 24.8. The molecule has 1 aliphatic heterocycles. The second kappa shape index (κ2) is 13.1. The van der Waals surface area contributed by atoms with E-state index < -0.39 is 0 Å². The molecule has 8 heteroatoms. The Labute approximate surface area is 185 Å². The summed E-state index contributed by atoms with van der Waals surface area (Å²) in [6, 6.07) is 7.58. The third-order valence-corrected chi connectivity index (χ3v) is 4.68. The van der Waals surface area contributed by atoms with Crippen LogP contribution in [0.3, 0.4) is 0 Å². The van der Waals surface area contributed by atoms with Crippen molar-refractivity contribution in [3.8, 4) is 11.5 Å². The number of benzene rings is 1. The third kappa shape index (κ3) is 8.00. The summed E-state index contributed by atoms with van der Waals surface area (Å²) in [7, 11) is 1.64. The van der Waals surface area contributed by atoms with Gasteiger partial charge in [0, 0.05) is 31.2 Å². The molecule has 1 saturated heterocycles. The van der Waals surface area contributed by atoms with Gasteiger partial charge in [-0.1, -0.05) is 6.07 Å². The van der Waals surface area contributed by atoms with Crippen LogP contribution in [0.2, 0.25) is 0 Å². The maximum Gasteiger partial charge on any atom is 0.191 e. The fraction of sp³-hybridized carbons (Fsp3) is 0.650. The zero-order valence-corrected chi connectivity index (χ0v) is 19.4. The van der Waals surface area contributed by atoms with E-state index in [0.717, 1.165) is 37.0 Å². The number of aliphatic imine (C=N–C) groups is 1. The van der Waals surface area contributed by atoms with Crippen LogP contribution in [0.5, 0.6) is 11.5 Å². The Kier molecular flexibility index (Phi) is 11.6. The van der Waals surface area contributed by atoms with Crippen LogP contribution in [-0.4, -0.2) is 63.7 Å². The van der Waals surface area contributed by atoms with Crippen molar-refractivity contribution in [1.82, 2.24) is 10.6 Å². The lowest BCUT2D eigenvalue weighted by molar-refractivity contribution is 0.131. The number of ether oxygens (including phenoxy) is 3. The molecule has 28 heavy (non-hydrogen) atoms. The quantitative estimate of drug-likeness (QED) is 0.256. The third-order valence-electron chi connectivity index (χ3n) is 4.68. The van der Waals surface area contributed by atoms with Gasteiger partial charge in [0.15, 0.2) is 5.96 Å². The summed E-state index contributed by atoms with van der Waals surface area (Å²) in [5.41, 5.74) is -0.0557. The zero-order chi connectivity index (χ0) is 19.5. The number of rotatable bonds is 10. The molecule has 1 fully saturated rings. The van der Waals surface area contributed by atoms with Gasteiger partial charge >= 0.3 is 0 Å². The maximum absolute atomic E-state index is 9.35. The van der Waals surface area contributed by atoms with E-state index >= 15 is 0 Å². The lowest BCUT2D eigenvalue weighted by atomic mass is 9.84. The van der Waals surface area contributed by atoms with Crippen molar-refractivity contribution in [2.75, 3.05) is 46.6 Å². The molecule has 2 atom stereocenters. The molecular weight excluding hydrogens is 473 g/mol. The number of nitrogens with one attached hydrogen (secondary N) is 2. The highest BCUT2D eigenvalue weighted by Gasteiger charge is 2.34. The van der Waals surface area contributed by atoms with Crippen LogP contribution < -0.4 is 20.1 Å². The fourth-order valence-corrected chi connectivity index (χ4v) is 3.07. The summed E-state index contributed by atoms with van der Waals surface area (Å²) >= 11 is 0. The smallest absolute Gasteiger partial charge is 0.191 e. The Balaban J connectivity index is 0.00000392. The second-order valence-corrected chi connectivity index (χ2v) is 6.96. The number of guanidine groups is 1. The van der Waals surface area contributed by atoms with E-state index in [9.17, 15) is 5.11 Å². The molecule has 1 aromatic rings. The summed E-state index contributed by atoms with van der Waals surface area (Å²) in [6.45, 7) is 7.63. The molecule has 1 aliphatic rings. The molecular formula is C20H34IN3O4. The van der Waals surface area contributed by atoms with Crippen molar-refractivity contribution in [2.24, 2.45) is 10.4 Å². The number of halogens is 1. The standard InChI is InChI=1S/C20H33N3O4.HI/c1-4-21-19(23-14-20(8-10-24)9-11-26-15-20)22-13-16(2)27-18-7-5-6-17(12-18)25-3;/h5-7,12,16,24H,4,8-11,13-15H2,1-3H3,(H2,21,22,23);1H. The normalized spacial score (nSPS) is 20.2. The average Bonchev–Trinajstić information content (AvgIpc) is 3.13. The highest BCUT2D eigenvalue weighted by Crippen LogP contribution is 2.32. The van der Waals surface area contributed by atoms with Crippen molar-refractivity contribution in [3.63, 3.8) is 0 Å². The van der Waals surface area contributed by atoms with Gasteiger partial charge in [-0.25, -0.2) is 0 Å². The lowest BCUT2D eigenvalue weighted by Crippen LogP contribution is -2.42. The first-order chi connectivity index (χ1) is 13.1. The van der Waals surface area contributed by atoms with Crippen LogP contribution in [0.1, 0.15) is 26.7 Å². The molecule has 0 aromatic heterocycles. The van der Waals surface area contributed by atoms with E-state index in [1.807, 2.05) is 38.1 Å². The monoisotopic (exact) mass is 507 g/mol. The van der Waals surface area contributed by atoms with Crippen LogP contribution in [0.15, 0.2) is 29.3 Å². The number of nitrogens with zero attached hydrogens (tertiary/aromatic N) is 1. The van der Waals surface area contributed by atoms with Gasteiger partial charge in [-0.15, -0.1) is 24.0 Å². The number of methoxy groups -OCH3 is 1. The predicted octanol–water partition coefficient (Wildman–Crippen LogP) is 2.42. The molecule has 0 aliphatic carbocycles. The van der Waals surface area contributed by atoms with E-state index in [4.69, 9.17) is 19.2 Å². The molecule has 2 rings (SSSR count). The molecule has 1 heterocycles. The molecule has 0 amide bonds. The van der Waals surface area contributed by atoms with E-state index in [-0.39, 0.29) is 42.1 Å². The molecule has 0 bridgehead atoms. The summed E-state index contributed by atoms with van der Waals surface area (Å²) in [4.78, 5) is 4.72. The number of hydrogen-bond donors (Lipinski definition) is 3. The summed E-state index contributed by atoms with van der Waals surface area (Å²) in [5.74, 6) is 2.30. The van der Waals surface area contributed by atoms with Gasteiger partial charge < -0.3 is 30.0 Å². The first-order valence-electron chi connectivity index (χ1n) is 9.62. The average molecular weight is 507 g/mol. The van der Waals surface area contributed by atoms with Crippen LogP contribution in [0.4, 0.5) is 0 Å². The molecule has 160 valence electrons. The molecule has 3 N–H and O–H groups in total. The Morgan fingerprint density at radius 3 is 2.79 bits per heavy atom. The van der Waals surface area contributed by atoms with Crippen LogP contribution >= 0.6 is 24.0 Å². The Bertz CT molecular complexity index is 595. The largest absolute Gasteiger partial charge is 0.497 e. The highest BCUT2D eigenvalue weighted by molar-refractivity contribution is 14.0. The molecule has 0 saturated carbocycles. The maximum atomic E-state index is 9.35.